The highest BCUT2D eigenvalue weighted by Crippen LogP contribution is 2.37. The third-order valence-electron chi connectivity index (χ3n) is 6.10. The van der Waals surface area contributed by atoms with Crippen molar-refractivity contribution in [1.82, 2.24) is 4.90 Å². The van der Waals surface area contributed by atoms with Crippen LogP contribution in [0.15, 0.2) is 42.1 Å². The lowest BCUT2D eigenvalue weighted by Gasteiger charge is -2.34. The van der Waals surface area contributed by atoms with E-state index in [-0.39, 0.29) is 23.8 Å². The Morgan fingerprint density at radius 3 is 2.52 bits per heavy atom. The van der Waals surface area contributed by atoms with Crippen molar-refractivity contribution in [3.05, 3.63) is 70.4 Å². The van der Waals surface area contributed by atoms with Gasteiger partial charge in [-0.2, -0.15) is 0 Å². The zero-order chi connectivity index (χ0) is 22.3. The molecule has 2 heterocycles. The van der Waals surface area contributed by atoms with E-state index in [1.807, 2.05) is 26.0 Å². The topological polar surface area (TPSA) is 60.9 Å². The van der Waals surface area contributed by atoms with Gasteiger partial charge in [-0.25, -0.2) is 13.7 Å². The molecule has 2 aromatic carbocycles. The highest BCUT2D eigenvalue weighted by molar-refractivity contribution is 6.45. The first kappa shape index (κ1) is 21.2. The molecule has 2 aromatic rings. The van der Waals surface area contributed by atoms with Crippen molar-refractivity contribution in [2.45, 2.75) is 26.7 Å². The van der Waals surface area contributed by atoms with Gasteiger partial charge in [-0.15, -0.1) is 0 Å². The number of nitrogens with zero attached hydrogens (tertiary/aromatic N) is 2. The maximum absolute atomic E-state index is 14.5. The van der Waals surface area contributed by atoms with Gasteiger partial charge in [0.1, 0.15) is 17.3 Å². The largest absolute Gasteiger partial charge is 0.396 e. The fourth-order valence-electron chi connectivity index (χ4n) is 4.26. The number of benzene rings is 2. The van der Waals surface area contributed by atoms with Crippen LogP contribution < -0.4 is 4.90 Å². The molecule has 2 aliphatic heterocycles. The number of anilines is 1. The summed E-state index contributed by atoms with van der Waals surface area (Å²) < 4.78 is 28.4. The minimum atomic E-state index is -0.851. The molecular formula is C24H24F2N2O3. The van der Waals surface area contributed by atoms with Gasteiger partial charge in [0.15, 0.2) is 0 Å². The summed E-state index contributed by atoms with van der Waals surface area (Å²) in [6.07, 6.45) is 1.58. The van der Waals surface area contributed by atoms with Gasteiger partial charge in [0.2, 0.25) is 0 Å². The van der Waals surface area contributed by atoms with Crippen molar-refractivity contribution in [3.8, 4) is 0 Å². The number of amides is 2. The number of aryl methyl sites for hydroxylation is 2. The molecule has 162 valence electrons. The lowest BCUT2D eigenvalue weighted by molar-refractivity contribution is -0.121. The van der Waals surface area contributed by atoms with Crippen LogP contribution in [-0.2, 0) is 9.59 Å². The molecule has 0 radical (unpaired) electrons. The summed E-state index contributed by atoms with van der Waals surface area (Å²) in [5, 5.41) is 9.62. The molecule has 2 aliphatic rings. The number of halogens is 2. The molecule has 1 saturated heterocycles. The Kier molecular flexibility index (Phi) is 5.62. The first-order valence-corrected chi connectivity index (χ1v) is 10.3. The van der Waals surface area contributed by atoms with Crippen molar-refractivity contribution < 1.29 is 23.5 Å². The van der Waals surface area contributed by atoms with E-state index in [4.69, 9.17) is 0 Å². The van der Waals surface area contributed by atoms with Crippen molar-refractivity contribution in [2.75, 3.05) is 24.6 Å². The van der Waals surface area contributed by atoms with E-state index in [9.17, 15) is 23.5 Å². The van der Waals surface area contributed by atoms with E-state index in [0.29, 0.717) is 18.7 Å². The van der Waals surface area contributed by atoms with Gasteiger partial charge < -0.3 is 10.0 Å². The molecular weight excluding hydrogens is 402 g/mol. The smallest absolute Gasteiger partial charge is 0.282 e. The monoisotopic (exact) mass is 426 g/mol. The summed E-state index contributed by atoms with van der Waals surface area (Å²) in [4.78, 5) is 29.4. The molecule has 1 fully saturated rings. The molecule has 2 amide bonds. The summed E-state index contributed by atoms with van der Waals surface area (Å²) in [7, 11) is 0. The molecule has 7 heteroatoms. The maximum atomic E-state index is 14.5. The van der Waals surface area contributed by atoms with Crippen LogP contribution in [0.5, 0.6) is 0 Å². The average Bonchev–Trinajstić information content (AvgIpc) is 3.02. The van der Waals surface area contributed by atoms with Gasteiger partial charge in [0.25, 0.3) is 11.8 Å². The van der Waals surface area contributed by atoms with E-state index >= 15 is 0 Å². The highest BCUT2D eigenvalue weighted by atomic mass is 19.1. The summed E-state index contributed by atoms with van der Waals surface area (Å²) in [6.45, 7) is 4.79. The second kappa shape index (κ2) is 8.23. The number of likely N-dealkylation sites (tertiary alicyclic amines) is 1. The summed E-state index contributed by atoms with van der Waals surface area (Å²) in [6, 6.07) is 8.17. The summed E-state index contributed by atoms with van der Waals surface area (Å²) >= 11 is 0. The van der Waals surface area contributed by atoms with Gasteiger partial charge in [0.05, 0.1) is 11.3 Å². The Morgan fingerprint density at radius 1 is 1.03 bits per heavy atom. The molecule has 31 heavy (non-hydrogen) atoms. The zero-order valence-corrected chi connectivity index (χ0v) is 17.5. The Balaban J connectivity index is 1.86. The van der Waals surface area contributed by atoms with Crippen LogP contribution in [0.4, 0.5) is 14.5 Å². The first-order valence-electron chi connectivity index (χ1n) is 10.3. The van der Waals surface area contributed by atoms with Crippen molar-refractivity contribution in [1.29, 1.82) is 0 Å². The van der Waals surface area contributed by atoms with Gasteiger partial charge in [-0.05, 0) is 61.4 Å². The average molecular weight is 426 g/mol. The Morgan fingerprint density at radius 2 is 1.81 bits per heavy atom. The normalized spacial score (nSPS) is 19.6. The van der Waals surface area contributed by atoms with E-state index < -0.39 is 29.1 Å². The minimum absolute atomic E-state index is 0.0207. The number of piperidine rings is 1. The Hall–Kier alpha value is -3.06. The van der Waals surface area contributed by atoms with Crippen LogP contribution in [0, 0.1) is 31.4 Å². The van der Waals surface area contributed by atoms with Crippen LogP contribution >= 0.6 is 0 Å². The molecule has 4 rings (SSSR count). The minimum Gasteiger partial charge on any atom is -0.396 e. The van der Waals surface area contributed by atoms with Crippen LogP contribution in [0.2, 0.25) is 0 Å². The number of hydrogen-bond donors (Lipinski definition) is 1. The van der Waals surface area contributed by atoms with Crippen molar-refractivity contribution >= 4 is 23.1 Å². The number of carbonyl (C=O) groups excluding carboxylic acids is 2. The van der Waals surface area contributed by atoms with E-state index in [1.165, 1.54) is 0 Å². The second-order valence-corrected chi connectivity index (χ2v) is 8.20. The predicted molar refractivity (Wildman–Crippen MR) is 113 cm³/mol. The molecule has 0 saturated carbocycles. The van der Waals surface area contributed by atoms with E-state index in [2.05, 4.69) is 0 Å². The third kappa shape index (κ3) is 3.74. The van der Waals surface area contributed by atoms with Crippen molar-refractivity contribution in [3.63, 3.8) is 0 Å². The van der Waals surface area contributed by atoms with Crippen molar-refractivity contribution in [2.24, 2.45) is 5.92 Å². The van der Waals surface area contributed by atoms with Gasteiger partial charge in [0, 0.05) is 25.8 Å². The van der Waals surface area contributed by atoms with Crippen LogP contribution in [-0.4, -0.2) is 41.5 Å². The van der Waals surface area contributed by atoms with Crippen LogP contribution in [0.1, 0.15) is 29.5 Å². The highest BCUT2D eigenvalue weighted by Gasteiger charge is 2.44. The maximum Gasteiger partial charge on any atom is 0.282 e. The summed E-state index contributed by atoms with van der Waals surface area (Å²) in [5.74, 6) is -2.97. The Bertz CT molecular complexity index is 1100. The zero-order valence-electron chi connectivity index (χ0n) is 17.5. The predicted octanol–water partition coefficient (Wildman–Crippen LogP) is 3.57. The fourth-order valence-corrected chi connectivity index (χ4v) is 4.26. The standard InChI is InChI=1S/C24H24F2N2O3/c1-14-5-6-17(10-15(14)2)21-22(27-9-3-4-16(12-27)13-29)24(31)28(23(21)30)20-11-18(25)7-8-19(20)26/h5-8,10-11,16,29H,3-4,9,12-13H2,1-2H3. The number of hydrogen-bond acceptors (Lipinski definition) is 4. The molecule has 0 bridgehead atoms. The molecule has 0 aromatic heterocycles. The number of rotatable bonds is 4. The third-order valence-corrected chi connectivity index (χ3v) is 6.10. The molecule has 5 nitrogen and oxygen atoms in total. The number of aliphatic hydroxyl groups is 1. The lowest BCUT2D eigenvalue weighted by atomic mass is 9.96. The molecule has 1 N–H and O–H groups in total. The molecule has 0 aliphatic carbocycles. The van der Waals surface area contributed by atoms with Gasteiger partial charge in [-0.1, -0.05) is 18.2 Å². The Labute approximate surface area is 179 Å². The molecule has 1 atom stereocenters. The van der Waals surface area contributed by atoms with Crippen LogP contribution in [0.3, 0.4) is 0 Å². The summed E-state index contributed by atoms with van der Waals surface area (Å²) in [5.41, 5.74) is 2.50. The van der Waals surface area contributed by atoms with Crippen LogP contribution in [0.25, 0.3) is 5.57 Å². The molecule has 0 spiro atoms. The second-order valence-electron chi connectivity index (χ2n) is 8.20. The quantitative estimate of drug-likeness (QED) is 0.760. The number of aliphatic hydroxyl groups excluding tert-OH is 1. The van der Waals surface area contributed by atoms with E-state index in [0.717, 1.165) is 47.1 Å². The number of carbonyl (C=O) groups is 2. The van der Waals surface area contributed by atoms with Gasteiger partial charge in [-0.3, -0.25) is 9.59 Å². The molecule has 1 unspecified atom stereocenters. The van der Waals surface area contributed by atoms with E-state index in [1.54, 1.807) is 11.0 Å². The fraction of sp³-hybridized carbons (Fsp3) is 0.333. The SMILES string of the molecule is Cc1ccc(C2=C(N3CCCC(CO)C3)C(=O)N(c3cc(F)ccc3F)C2=O)cc1C. The number of imide groups is 1. The van der Waals surface area contributed by atoms with Gasteiger partial charge >= 0.3 is 0 Å². The first-order chi connectivity index (χ1) is 14.8. The lowest BCUT2D eigenvalue weighted by Crippen LogP contribution is -2.40.